The number of alkyl halides is 3. The number of aliphatic hydroxyl groups excluding tert-OH is 4. The van der Waals surface area contributed by atoms with Gasteiger partial charge in [0.15, 0.2) is 6.29 Å². The van der Waals surface area contributed by atoms with Crippen molar-refractivity contribution in [2.24, 2.45) is 0 Å². The molecule has 0 radical (unpaired) electrons. The lowest BCUT2D eigenvalue weighted by molar-refractivity contribution is -0.294. The second kappa shape index (κ2) is 12.8. The van der Waals surface area contributed by atoms with Crippen LogP contribution in [0.15, 0.2) is 30.3 Å². The van der Waals surface area contributed by atoms with Gasteiger partial charge >= 0.3 is 6.18 Å². The Morgan fingerprint density at radius 3 is 2.26 bits per heavy atom. The zero-order valence-electron chi connectivity index (χ0n) is 19.2. The molecule has 1 aliphatic heterocycles. The number of nitrogens with zero attached hydrogens (tertiary/aromatic N) is 1. The highest BCUT2D eigenvalue weighted by Gasteiger charge is 2.44. The van der Waals surface area contributed by atoms with Gasteiger partial charge in [0.25, 0.3) is 0 Å². The van der Waals surface area contributed by atoms with Crippen LogP contribution in [0.4, 0.5) is 13.2 Å². The molecule has 0 spiro atoms. The molecule has 1 aromatic heterocycles. The van der Waals surface area contributed by atoms with Crippen molar-refractivity contribution in [1.82, 2.24) is 4.98 Å². The van der Waals surface area contributed by atoms with E-state index in [2.05, 4.69) is 4.98 Å². The standard InChI is InChI=1S/C24H32F3NO7/c25-24(26,27)19-10-7-15-13-16(8-9-17(15)28-19)33-11-5-3-1-2-4-6-12-34-22-20(30)18(14-29)35-23(32)21(22)31/h7-10,13,18,20-23,29-32H,1-6,11-12,14H2/t18-,20-,21-,22+,23?/m1/s1. The van der Waals surface area contributed by atoms with E-state index < -0.39 is 49.2 Å². The monoisotopic (exact) mass is 503 g/mol. The van der Waals surface area contributed by atoms with Crippen LogP contribution in [0.1, 0.15) is 44.2 Å². The van der Waals surface area contributed by atoms with Crippen LogP contribution in [-0.2, 0) is 15.7 Å². The van der Waals surface area contributed by atoms with Gasteiger partial charge in [-0.05, 0) is 37.1 Å². The van der Waals surface area contributed by atoms with Crippen molar-refractivity contribution in [3.8, 4) is 5.75 Å². The summed E-state index contributed by atoms with van der Waals surface area (Å²) in [7, 11) is 0. The summed E-state index contributed by atoms with van der Waals surface area (Å²) in [5.41, 5.74) is -0.653. The first-order chi connectivity index (χ1) is 16.7. The molecule has 0 aliphatic carbocycles. The quantitative estimate of drug-likeness (QED) is 0.326. The number of fused-ring (bicyclic) bond motifs is 1. The largest absolute Gasteiger partial charge is 0.494 e. The number of benzene rings is 1. The molecule has 0 saturated carbocycles. The number of hydrogen-bond acceptors (Lipinski definition) is 8. The molecule has 1 aliphatic rings. The minimum absolute atomic E-state index is 0.265. The van der Waals surface area contributed by atoms with Crippen molar-refractivity contribution in [3.05, 3.63) is 36.0 Å². The van der Waals surface area contributed by atoms with Crippen molar-refractivity contribution >= 4 is 10.9 Å². The summed E-state index contributed by atoms with van der Waals surface area (Å²) >= 11 is 0. The number of ether oxygens (including phenoxy) is 3. The van der Waals surface area contributed by atoms with Crippen LogP contribution in [-0.4, -0.2) is 75.9 Å². The van der Waals surface area contributed by atoms with E-state index in [1.54, 1.807) is 12.1 Å². The molecule has 1 aromatic carbocycles. The van der Waals surface area contributed by atoms with Crippen molar-refractivity contribution < 1.29 is 47.8 Å². The van der Waals surface area contributed by atoms with E-state index in [4.69, 9.17) is 14.2 Å². The van der Waals surface area contributed by atoms with Crippen LogP contribution in [0.2, 0.25) is 0 Å². The Kier molecular flexibility index (Phi) is 10.1. The van der Waals surface area contributed by atoms with Gasteiger partial charge in [0.2, 0.25) is 0 Å². The van der Waals surface area contributed by atoms with Crippen molar-refractivity contribution in [2.45, 2.75) is 75.4 Å². The molecule has 4 N–H and O–H groups in total. The van der Waals surface area contributed by atoms with E-state index >= 15 is 0 Å². The summed E-state index contributed by atoms with van der Waals surface area (Å²) in [5, 5.41) is 39.4. The lowest BCUT2D eigenvalue weighted by Crippen LogP contribution is -2.59. The normalized spacial score (nSPS) is 25.2. The Morgan fingerprint density at radius 1 is 0.886 bits per heavy atom. The molecule has 1 saturated heterocycles. The zero-order valence-corrected chi connectivity index (χ0v) is 19.2. The number of halogens is 3. The molecule has 1 fully saturated rings. The third kappa shape index (κ3) is 7.73. The maximum absolute atomic E-state index is 12.8. The van der Waals surface area contributed by atoms with Crippen LogP contribution in [0, 0.1) is 0 Å². The molecule has 8 nitrogen and oxygen atoms in total. The fourth-order valence-corrected chi connectivity index (χ4v) is 3.94. The molecular formula is C24H32F3NO7. The van der Waals surface area contributed by atoms with Crippen molar-refractivity contribution in [3.63, 3.8) is 0 Å². The predicted octanol–water partition coefficient (Wildman–Crippen LogP) is 2.79. The summed E-state index contributed by atoms with van der Waals surface area (Å²) in [6, 6.07) is 7.16. The lowest BCUT2D eigenvalue weighted by atomic mass is 9.99. The maximum atomic E-state index is 12.8. The summed E-state index contributed by atoms with van der Waals surface area (Å²) in [6.45, 7) is 0.306. The molecule has 1 unspecified atom stereocenters. The molecule has 0 amide bonds. The Balaban J connectivity index is 1.27. The second-order valence-electron chi connectivity index (χ2n) is 8.58. The van der Waals surface area contributed by atoms with Gasteiger partial charge in [-0.15, -0.1) is 0 Å². The summed E-state index contributed by atoms with van der Waals surface area (Å²) < 4.78 is 54.4. The number of hydrogen-bond donors (Lipinski definition) is 4. The molecule has 5 atom stereocenters. The maximum Gasteiger partial charge on any atom is 0.433 e. The minimum atomic E-state index is -4.47. The van der Waals surface area contributed by atoms with Crippen molar-refractivity contribution in [2.75, 3.05) is 19.8 Å². The number of unbranched alkanes of at least 4 members (excludes halogenated alkanes) is 5. The van der Waals surface area contributed by atoms with Gasteiger partial charge in [0.05, 0.1) is 18.7 Å². The van der Waals surface area contributed by atoms with Crippen LogP contribution in [0.25, 0.3) is 10.9 Å². The average molecular weight is 504 g/mol. The average Bonchev–Trinajstić information content (AvgIpc) is 2.83. The first-order valence-electron chi connectivity index (χ1n) is 11.7. The Bertz CT molecular complexity index is 930. The number of aromatic nitrogens is 1. The van der Waals surface area contributed by atoms with Gasteiger partial charge in [-0.3, -0.25) is 0 Å². The van der Waals surface area contributed by atoms with Gasteiger partial charge < -0.3 is 34.6 Å². The topological polar surface area (TPSA) is 122 Å². The van der Waals surface area contributed by atoms with Crippen molar-refractivity contribution in [1.29, 1.82) is 0 Å². The van der Waals surface area contributed by atoms with Crippen LogP contribution in [0.3, 0.4) is 0 Å². The Morgan fingerprint density at radius 2 is 1.57 bits per heavy atom. The zero-order chi connectivity index (χ0) is 25.4. The molecule has 11 heteroatoms. The van der Waals surface area contributed by atoms with E-state index in [0.29, 0.717) is 30.8 Å². The van der Waals surface area contributed by atoms with Crippen LogP contribution in [0.5, 0.6) is 5.75 Å². The van der Waals surface area contributed by atoms with Gasteiger partial charge in [0, 0.05) is 12.0 Å². The Labute approximate surface area is 201 Å². The molecule has 196 valence electrons. The SMILES string of the molecule is OC[C@H]1OC(O)[C@H](O)[C@@H](OCCCCCCCCOc2ccc3nc(C(F)(F)F)ccc3c2)[C@@H]1O. The highest BCUT2D eigenvalue weighted by atomic mass is 19.4. The van der Waals surface area contributed by atoms with E-state index in [-0.39, 0.29) is 5.52 Å². The van der Waals surface area contributed by atoms with Crippen LogP contribution < -0.4 is 4.74 Å². The van der Waals surface area contributed by atoms with E-state index in [9.17, 15) is 33.6 Å². The molecule has 0 bridgehead atoms. The van der Waals surface area contributed by atoms with Gasteiger partial charge in [-0.2, -0.15) is 13.2 Å². The van der Waals surface area contributed by atoms with Gasteiger partial charge in [0.1, 0.15) is 35.9 Å². The predicted molar refractivity (Wildman–Crippen MR) is 120 cm³/mol. The first kappa shape index (κ1) is 27.6. The fourth-order valence-electron chi connectivity index (χ4n) is 3.94. The third-order valence-electron chi connectivity index (χ3n) is 5.91. The molecule has 3 rings (SSSR count). The van der Waals surface area contributed by atoms with E-state index in [0.717, 1.165) is 38.2 Å². The van der Waals surface area contributed by atoms with Gasteiger partial charge in [-0.25, -0.2) is 4.98 Å². The molecule has 2 aromatic rings. The minimum Gasteiger partial charge on any atom is -0.494 e. The lowest BCUT2D eigenvalue weighted by Gasteiger charge is -2.39. The molecule has 35 heavy (non-hydrogen) atoms. The van der Waals surface area contributed by atoms with E-state index in [1.165, 1.54) is 12.1 Å². The molecule has 2 heterocycles. The smallest absolute Gasteiger partial charge is 0.433 e. The number of pyridine rings is 1. The highest BCUT2D eigenvalue weighted by Crippen LogP contribution is 2.30. The summed E-state index contributed by atoms with van der Waals surface area (Å²) in [6.07, 6.45) is -5.29. The summed E-state index contributed by atoms with van der Waals surface area (Å²) in [4.78, 5) is 3.64. The third-order valence-corrected chi connectivity index (χ3v) is 5.91. The summed E-state index contributed by atoms with van der Waals surface area (Å²) in [5.74, 6) is 0.585. The number of aliphatic hydroxyl groups is 4. The molecular weight excluding hydrogens is 471 g/mol. The fraction of sp³-hybridized carbons (Fsp3) is 0.625. The van der Waals surface area contributed by atoms with Crippen LogP contribution >= 0.6 is 0 Å². The number of rotatable bonds is 12. The second-order valence-corrected chi connectivity index (χ2v) is 8.58. The van der Waals surface area contributed by atoms with Gasteiger partial charge in [-0.1, -0.05) is 31.7 Å². The van der Waals surface area contributed by atoms with E-state index in [1.807, 2.05) is 0 Å². The highest BCUT2D eigenvalue weighted by molar-refractivity contribution is 5.80. The first-order valence-corrected chi connectivity index (χ1v) is 11.7. The Hall–Kier alpha value is -2.02.